The SMILES string of the molecule is O=C(CCc1nc(-c2cccs2)no1)N1CCN(C(c2ccccc2)c2ccccc2)CC1. The average Bonchev–Trinajstić information content (AvgIpc) is 3.57. The zero-order valence-corrected chi connectivity index (χ0v) is 19.2. The highest BCUT2D eigenvalue weighted by Gasteiger charge is 2.28. The summed E-state index contributed by atoms with van der Waals surface area (Å²) in [7, 11) is 0. The van der Waals surface area contributed by atoms with Crippen LogP contribution in [-0.4, -0.2) is 52.0 Å². The molecule has 0 aliphatic carbocycles. The molecule has 168 valence electrons. The van der Waals surface area contributed by atoms with Crippen molar-refractivity contribution in [3.05, 3.63) is 95.2 Å². The van der Waals surface area contributed by atoms with Gasteiger partial charge in [0, 0.05) is 39.0 Å². The topological polar surface area (TPSA) is 62.5 Å². The zero-order valence-electron chi connectivity index (χ0n) is 18.3. The molecule has 7 heteroatoms. The largest absolute Gasteiger partial charge is 0.340 e. The van der Waals surface area contributed by atoms with Gasteiger partial charge in [0.05, 0.1) is 10.9 Å². The zero-order chi connectivity index (χ0) is 22.5. The number of carbonyl (C=O) groups excluding carboxylic acids is 1. The van der Waals surface area contributed by atoms with E-state index in [-0.39, 0.29) is 11.9 Å². The van der Waals surface area contributed by atoms with E-state index in [2.05, 4.69) is 75.7 Å². The molecule has 1 aliphatic heterocycles. The Morgan fingerprint density at radius 1 is 0.909 bits per heavy atom. The molecule has 1 amide bonds. The maximum Gasteiger partial charge on any atom is 0.227 e. The van der Waals surface area contributed by atoms with E-state index in [1.165, 1.54) is 11.1 Å². The number of nitrogens with zero attached hydrogens (tertiary/aromatic N) is 4. The predicted molar refractivity (Wildman–Crippen MR) is 129 cm³/mol. The fourth-order valence-electron chi connectivity index (χ4n) is 4.35. The maximum absolute atomic E-state index is 12.8. The first-order chi connectivity index (χ1) is 16.3. The van der Waals surface area contributed by atoms with Crippen molar-refractivity contribution in [1.82, 2.24) is 19.9 Å². The Morgan fingerprint density at radius 3 is 2.18 bits per heavy atom. The third-order valence-electron chi connectivity index (χ3n) is 6.03. The van der Waals surface area contributed by atoms with Gasteiger partial charge in [-0.3, -0.25) is 9.69 Å². The summed E-state index contributed by atoms with van der Waals surface area (Å²) in [6, 6.07) is 25.3. The molecule has 0 atom stereocenters. The van der Waals surface area contributed by atoms with Gasteiger partial charge in [0.25, 0.3) is 0 Å². The molecule has 0 N–H and O–H groups in total. The van der Waals surface area contributed by atoms with E-state index in [0.717, 1.165) is 31.1 Å². The standard InChI is InChI=1S/C26H26N4O2S/c31-24(14-13-23-27-26(28-32-23)22-12-7-19-33-22)29-15-17-30(18-16-29)25(20-8-3-1-4-9-20)21-10-5-2-6-11-21/h1-12,19,25H,13-18H2. The highest BCUT2D eigenvalue weighted by atomic mass is 32.1. The Morgan fingerprint density at radius 2 is 1.58 bits per heavy atom. The number of thiophene rings is 1. The Balaban J connectivity index is 1.19. The average molecular weight is 459 g/mol. The second kappa shape index (κ2) is 10.1. The molecule has 3 heterocycles. The Bertz CT molecular complexity index is 1110. The molecule has 0 spiro atoms. The van der Waals surface area contributed by atoms with Gasteiger partial charge in [0.15, 0.2) is 0 Å². The molecular formula is C26H26N4O2S. The lowest BCUT2D eigenvalue weighted by molar-refractivity contribution is -0.133. The van der Waals surface area contributed by atoms with Crippen LogP contribution in [0.5, 0.6) is 0 Å². The summed E-state index contributed by atoms with van der Waals surface area (Å²) < 4.78 is 5.34. The number of hydrogen-bond donors (Lipinski definition) is 0. The van der Waals surface area contributed by atoms with Crippen LogP contribution in [-0.2, 0) is 11.2 Å². The molecule has 1 saturated heterocycles. The highest BCUT2D eigenvalue weighted by Crippen LogP contribution is 2.29. The first kappa shape index (κ1) is 21.6. The van der Waals surface area contributed by atoms with Crippen LogP contribution in [0, 0.1) is 0 Å². The predicted octanol–water partition coefficient (Wildman–Crippen LogP) is 4.66. The van der Waals surface area contributed by atoms with Gasteiger partial charge >= 0.3 is 0 Å². The van der Waals surface area contributed by atoms with Crippen molar-refractivity contribution in [3.8, 4) is 10.7 Å². The Labute approximate surface area is 197 Å². The third kappa shape index (κ3) is 5.05. The van der Waals surface area contributed by atoms with E-state index in [4.69, 9.17) is 4.52 Å². The van der Waals surface area contributed by atoms with E-state index in [1.807, 2.05) is 22.4 Å². The first-order valence-electron chi connectivity index (χ1n) is 11.3. The number of aromatic nitrogens is 2. The molecule has 5 rings (SSSR count). The lowest BCUT2D eigenvalue weighted by Gasteiger charge is -2.39. The van der Waals surface area contributed by atoms with Crippen LogP contribution in [0.2, 0.25) is 0 Å². The van der Waals surface area contributed by atoms with Gasteiger partial charge < -0.3 is 9.42 Å². The van der Waals surface area contributed by atoms with Crippen molar-refractivity contribution in [2.45, 2.75) is 18.9 Å². The second-order valence-corrected chi connectivity index (χ2v) is 9.08. The molecule has 0 unspecified atom stereocenters. The Hall–Kier alpha value is -3.29. The van der Waals surface area contributed by atoms with Crippen LogP contribution in [0.4, 0.5) is 0 Å². The van der Waals surface area contributed by atoms with Crippen molar-refractivity contribution in [2.75, 3.05) is 26.2 Å². The van der Waals surface area contributed by atoms with Crippen LogP contribution in [0.25, 0.3) is 10.7 Å². The summed E-state index contributed by atoms with van der Waals surface area (Å²) in [5, 5.41) is 6.01. The summed E-state index contributed by atoms with van der Waals surface area (Å²) in [5.74, 6) is 1.24. The molecule has 0 saturated carbocycles. The van der Waals surface area contributed by atoms with Crippen molar-refractivity contribution >= 4 is 17.2 Å². The number of benzene rings is 2. The minimum absolute atomic E-state index is 0.140. The second-order valence-electron chi connectivity index (χ2n) is 8.13. The minimum atomic E-state index is 0.140. The molecule has 1 aliphatic rings. The Kier molecular flexibility index (Phi) is 6.60. The van der Waals surface area contributed by atoms with Gasteiger partial charge in [-0.25, -0.2) is 0 Å². The number of hydrogen-bond acceptors (Lipinski definition) is 6. The summed E-state index contributed by atoms with van der Waals surface area (Å²) in [6.45, 7) is 3.12. The fraction of sp³-hybridized carbons (Fsp3) is 0.269. The first-order valence-corrected chi connectivity index (χ1v) is 12.1. The van der Waals surface area contributed by atoms with Crippen LogP contribution >= 0.6 is 11.3 Å². The van der Waals surface area contributed by atoms with Crippen LogP contribution in [0.15, 0.2) is 82.7 Å². The summed E-state index contributed by atoms with van der Waals surface area (Å²) in [4.78, 5) is 22.7. The van der Waals surface area contributed by atoms with Crippen LogP contribution in [0.1, 0.15) is 29.5 Å². The number of rotatable bonds is 7. The molecule has 0 bridgehead atoms. The summed E-state index contributed by atoms with van der Waals surface area (Å²) in [5.41, 5.74) is 2.56. The highest BCUT2D eigenvalue weighted by molar-refractivity contribution is 7.13. The number of amides is 1. The van der Waals surface area contributed by atoms with E-state index in [9.17, 15) is 4.79 Å². The number of aryl methyl sites for hydroxylation is 1. The lowest BCUT2D eigenvalue weighted by Crippen LogP contribution is -2.49. The fourth-order valence-corrected chi connectivity index (χ4v) is 5.00. The molecule has 0 radical (unpaired) electrons. The monoisotopic (exact) mass is 458 g/mol. The van der Waals surface area contributed by atoms with Crippen molar-refractivity contribution in [3.63, 3.8) is 0 Å². The van der Waals surface area contributed by atoms with Gasteiger partial charge in [0.2, 0.25) is 17.6 Å². The van der Waals surface area contributed by atoms with Crippen molar-refractivity contribution in [2.24, 2.45) is 0 Å². The van der Waals surface area contributed by atoms with Crippen LogP contribution in [0.3, 0.4) is 0 Å². The van der Waals surface area contributed by atoms with E-state index >= 15 is 0 Å². The maximum atomic E-state index is 12.8. The molecule has 2 aromatic carbocycles. The molecule has 2 aromatic heterocycles. The van der Waals surface area contributed by atoms with Gasteiger partial charge in [-0.1, -0.05) is 71.9 Å². The van der Waals surface area contributed by atoms with Gasteiger partial charge in [-0.15, -0.1) is 11.3 Å². The van der Waals surface area contributed by atoms with Crippen LogP contribution < -0.4 is 0 Å². The molecule has 6 nitrogen and oxygen atoms in total. The number of carbonyl (C=O) groups is 1. The molecular weight excluding hydrogens is 432 g/mol. The van der Waals surface area contributed by atoms with Gasteiger partial charge in [-0.2, -0.15) is 4.98 Å². The van der Waals surface area contributed by atoms with E-state index in [0.29, 0.717) is 24.6 Å². The minimum Gasteiger partial charge on any atom is -0.340 e. The molecule has 33 heavy (non-hydrogen) atoms. The van der Waals surface area contributed by atoms with Gasteiger partial charge in [0.1, 0.15) is 0 Å². The summed E-state index contributed by atoms with van der Waals surface area (Å²) in [6.07, 6.45) is 0.848. The summed E-state index contributed by atoms with van der Waals surface area (Å²) >= 11 is 1.57. The van der Waals surface area contributed by atoms with E-state index in [1.54, 1.807) is 11.3 Å². The van der Waals surface area contributed by atoms with Crippen molar-refractivity contribution in [1.29, 1.82) is 0 Å². The smallest absolute Gasteiger partial charge is 0.227 e. The quantitative estimate of drug-likeness (QED) is 0.403. The normalized spacial score (nSPS) is 14.6. The van der Waals surface area contributed by atoms with E-state index < -0.39 is 0 Å². The molecule has 1 fully saturated rings. The van der Waals surface area contributed by atoms with Crippen molar-refractivity contribution < 1.29 is 9.32 Å². The number of piperazine rings is 1. The third-order valence-corrected chi connectivity index (χ3v) is 6.89. The molecule has 4 aromatic rings. The van der Waals surface area contributed by atoms with Gasteiger partial charge in [-0.05, 0) is 22.6 Å². The lowest BCUT2D eigenvalue weighted by atomic mass is 9.96.